The largest absolute Gasteiger partial charge is 0.344 e. The first-order valence-electron chi connectivity index (χ1n) is 2.75. The SMILES string of the molecule is CN(C([NH])=O)C(=O)NS(C)(=O)=O. The molecule has 0 fully saturated rings. The van der Waals surface area contributed by atoms with E-state index in [4.69, 9.17) is 5.73 Å². The molecule has 0 spiro atoms. The lowest BCUT2D eigenvalue weighted by Crippen LogP contribution is -2.43. The number of nitrogens with zero attached hydrogens (tertiary/aromatic N) is 1. The number of urea groups is 2. The minimum Gasteiger partial charge on any atom is -0.247 e. The Balaban J connectivity index is 4.35. The average Bonchev–Trinajstić information content (AvgIpc) is 1.82. The molecule has 7 nitrogen and oxygen atoms in total. The fourth-order valence-electron chi connectivity index (χ4n) is 0.319. The number of hydrogen-bond donors (Lipinski definition) is 1. The van der Waals surface area contributed by atoms with Crippen LogP contribution in [0.15, 0.2) is 0 Å². The number of rotatable bonds is 1. The van der Waals surface area contributed by atoms with Crippen LogP contribution in [0.5, 0.6) is 0 Å². The van der Waals surface area contributed by atoms with E-state index in [1.54, 1.807) is 0 Å². The van der Waals surface area contributed by atoms with Crippen LogP contribution in [-0.4, -0.2) is 38.7 Å². The maximum atomic E-state index is 10.7. The molecule has 0 aromatic rings. The Morgan fingerprint density at radius 2 is 1.83 bits per heavy atom. The molecule has 0 aromatic heterocycles. The van der Waals surface area contributed by atoms with Crippen molar-refractivity contribution in [1.29, 1.82) is 0 Å². The van der Waals surface area contributed by atoms with E-state index in [1.165, 1.54) is 4.72 Å². The molecule has 12 heavy (non-hydrogen) atoms. The van der Waals surface area contributed by atoms with E-state index in [0.29, 0.717) is 4.90 Å². The van der Waals surface area contributed by atoms with Gasteiger partial charge in [0.2, 0.25) is 10.0 Å². The molecule has 0 aliphatic rings. The Morgan fingerprint density at radius 1 is 1.42 bits per heavy atom. The summed E-state index contributed by atoms with van der Waals surface area (Å²) in [5.74, 6) is 0. The lowest BCUT2D eigenvalue weighted by molar-refractivity contribution is 0.203. The zero-order chi connectivity index (χ0) is 9.94. The molecule has 0 aromatic carbocycles. The third kappa shape index (κ3) is 3.76. The van der Waals surface area contributed by atoms with E-state index >= 15 is 0 Å². The van der Waals surface area contributed by atoms with Gasteiger partial charge in [-0.1, -0.05) is 0 Å². The van der Waals surface area contributed by atoms with Crippen molar-refractivity contribution in [3.05, 3.63) is 0 Å². The summed E-state index contributed by atoms with van der Waals surface area (Å²) in [5, 5.41) is 0. The van der Waals surface area contributed by atoms with E-state index in [0.717, 1.165) is 13.3 Å². The third-order valence-electron chi connectivity index (χ3n) is 0.882. The quantitative estimate of drug-likeness (QED) is 0.576. The van der Waals surface area contributed by atoms with Gasteiger partial charge >= 0.3 is 12.1 Å². The van der Waals surface area contributed by atoms with Gasteiger partial charge in [-0.2, -0.15) is 0 Å². The standard InChI is InChI=1S/C4H8N3O4S/c1-7(3(5)8)4(9)6-12(2,10)11/h5H,1-2H3,(H,6,9). The number of carbonyl (C=O) groups is 2. The summed E-state index contributed by atoms with van der Waals surface area (Å²) in [6.45, 7) is 0. The molecule has 0 bridgehead atoms. The topological polar surface area (TPSA) is 107 Å². The normalized spacial score (nSPS) is 10.5. The van der Waals surface area contributed by atoms with Crippen LogP contribution in [0.3, 0.4) is 0 Å². The second kappa shape index (κ2) is 3.39. The molecule has 0 saturated heterocycles. The summed E-state index contributed by atoms with van der Waals surface area (Å²) in [6.07, 6.45) is 0.771. The number of sulfonamides is 1. The summed E-state index contributed by atoms with van der Waals surface area (Å²) < 4.78 is 22.4. The monoisotopic (exact) mass is 194 g/mol. The van der Waals surface area contributed by atoms with E-state index in [2.05, 4.69) is 0 Å². The molecule has 0 saturated carbocycles. The summed E-state index contributed by atoms with van der Waals surface area (Å²) in [5.41, 5.74) is 6.45. The second-order valence-corrected chi connectivity index (χ2v) is 3.79. The van der Waals surface area contributed by atoms with Crippen LogP contribution in [0.4, 0.5) is 9.59 Å². The van der Waals surface area contributed by atoms with Gasteiger partial charge in [0.05, 0.1) is 6.26 Å². The molecular weight excluding hydrogens is 186 g/mol. The Morgan fingerprint density at radius 3 is 2.08 bits per heavy atom. The summed E-state index contributed by atoms with van der Waals surface area (Å²) in [7, 11) is -2.68. The molecule has 0 aliphatic carbocycles. The summed E-state index contributed by atoms with van der Waals surface area (Å²) >= 11 is 0. The van der Waals surface area contributed by atoms with E-state index in [-0.39, 0.29) is 0 Å². The lowest BCUT2D eigenvalue weighted by Gasteiger charge is -2.10. The van der Waals surface area contributed by atoms with Crippen LogP contribution in [0, 0.1) is 0 Å². The van der Waals surface area contributed by atoms with Crippen molar-refractivity contribution >= 4 is 22.1 Å². The molecule has 8 heteroatoms. The minimum atomic E-state index is -3.68. The zero-order valence-electron chi connectivity index (χ0n) is 6.49. The van der Waals surface area contributed by atoms with Crippen LogP contribution < -0.4 is 10.5 Å². The maximum Gasteiger partial charge on any atom is 0.344 e. The van der Waals surface area contributed by atoms with Crippen LogP contribution in [0.25, 0.3) is 0 Å². The fraction of sp³-hybridized carbons (Fsp3) is 0.500. The van der Waals surface area contributed by atoms with Gasteiger partial charge < -0.3 is 0 Å². The highest BCUT2D eigenvalue weighted by molar-refractivity contribution is 7.89. The van der Waals surface area contributed by atoms with Crippen molar-refractivity contribution in [3.63, 3.8) is 0 Å². The second-order valence-electron chi connectivity index (χ2n) is 2.04. The molecule has 2 N–H and O–H groups in total. The van der Waals surface area contributed by atoms with Crippen molar-refractivity contribution in [2.45, 2.75) is 0 Å². The number of nitrogens with one attached hydrogen (secondary N) is 2. The van der Waals surface area contributed by atoms with Gasteiger partial charge in [-0.3, -0.25) is 0 Å². The van der Waals surface area contributed by atoms with E-state index in [9.17, 15) is 18.0 Å². The first-order chi connectivity index (χ1) is 5.24. The lowest BCUT2D eigenvalue weighted by atomic mass is 10.8. The highest BCUT2D eigenvalue weighted by Gasteiger charge is 2.17. The third-order valence-corrected chi connectivity index (χ3v) is 1.43. The molecule has 0 unspecified atom stereocenters. The van der Waals surface area contributed by atoms with Gasteiger partial charge in [0.15, 0.2) is 0 Å². The Bertz CT molecular complexity index is 295. The van der Waals surface area contributed by atoms with Crippen molar-refractivity contribution < 1.29 is 18.0 Å². The summed E-state index contributed by atoms with van der Waals surface area (Å²) in [6, 6.07) is -2.42. The molecule has 0 atom stereocenters. The predicted octanol–water partition coefficient (Wildman–Crippen LogP) is -1.01. The van der Waals surface area contributed by atoms with Gasteiger partial charge in [-0.05, 0) is 0 Å². The fourth-order valence-corrected chi connectivity index (χ4v) is 0.773. The maximum absolute atomic E-state index is 10.7. The number of amides is 4. The number of imide groups is 1. The molecule has 1 radical (unpaired) electrons. The minimum absolute atomic E-state index is 0.334. The molecule has 69 valence electrons. The molecular formula is C4H8N3O4S. The number of hydrogen-bond acceptors (Lipinski definition) is 4. The average molecular weight is 194 g/mol. The Labute approximate surface area is 69.6 Å². The first-order valence-corrected chi connectivity index (χ1v) is 4.64. The van der Waals surface area contributed by atoms with Gasteiger partial charge in [0, 0.05) is 7.05 Å². The van der Waals surface area contributed by atoms with Gasteiger partial charge in [0.25, 0.3) is 0 Å². The van der Waals surface area contributed by atoms with Crippen LogP contribution in [0.2, 0.25) is 0 Å². The molecule has 0 rings (SSSR count). The Kier molecular flexibility index (Phi) is 3.02. The number of carbonyl (C=O) groups excluding carboxylic acids is 2. The van der Waals surface area contributed by atoms with Crippen molar-refractivity contribution in [3.8, 4) is 0 Å². The van der Waals surface area contributed by atoms with Crippen molar-refractivity contribution in [1.82, 2.24) is 15.4 Å². The van der Waals surface area contributed by atoms with Crippen molar-refractivity contribution in [2.24, 2.45) is 0 Å². The highest BCUT2D eigenvalue weighted by Crippen LogP contribution is 1.86. The highest BCUT2D eigenvalue weighted by atomic mass is 32.2. The van der Waals surface area contributed by atoms with E-state index in [1.807, 2.05) is 0 Å². The Hall–Kier alpha value is -1.31. The van der Waals surface area contributed by atoms with Crippen LogP contribution >= 0.6 is 0 Å². The smallest absolute Gasteiger partial charge is 0.247 e. The van der Waals surface area contributed by atoms with Gasteiger partial charge in [-0.15, -0.1) is 0 Å². The van der Waals surface area contributed by atoms with Crippen molar-refractivity contribution in [2.75, 3.05) is 13.3 Å². The molecule has 0 heterocycles. The predicted molar refractivity (Wildman–Crippen MR) is 39.6 cm³/mol. The first kappa shape index (κ1) is 10.7. The molecule has 0 aliphatic heterocycles. The van der Waals surface area contributed by atoms with Gasteiger partial charge in [0.1, 0.15) is 0 Å². The summed E-state index contributed by atoms with van der Waals surface area (Å²) in [4.78, 5) is 21.2. The van der Waals surface area contributed by atoms with Crippen LogP contribution in [0.1, 0.15) is 0 Å². The van der Waals surface area contributed by atoms with E-state index < -0.39 is 22.1 Å². The zero-order valence-corrected chi connectivity index (χ0v) is 7.30. The van der Waals surface area contributed by atoms with Gasteiger partial charge in [-0.25, -0.2) is 33.4 Å². The van der Waals surface area contributed by atoms with Crippen LogP contribution in [-0.2, 0) is 10.0 Å². The molecule has 4 amide bonds.